The Morgan fingerprint density at radius 2 is 2.33 bits per heavy atom. The van der Waals surface area contributed by atoms with Crippen molar-refractivity contribution in [3.05, 3.63) is 35.6 Å². The van der Waals surface area contributed by atoms with Crippen LogP contribution >= 0.6 is 0 Å². The molecule has 0 spiro atoms. The van der Waals surface area contributed by atoms with Crippen LogP contribution in [0.2, 0.25) is 0 Å². The minimum atomic E-state index is -0.660. The Hall–Kier alpha value is -1.22. The standard InChI is InChI=1S/C9H9FNO/c10-8-3-1-2-7(4-8)5-9(11)6-12/h1-4,9H,5,11H2/t9-/m0/s1. The van der Waals surface area contributed by atoms with Gasteiger partial charge in [-0.25, -0.2) is 4.39 Å². The lowest BCUT2D eigenvalue weighted by molar-refractivity contribution is 0.540. The molecule has 0 unspecified atom stereocenters. The number of nitrogens with two attached hydrogens (primary N) is 1. The van der Waals surface area contributed by atoms with Crippen LogP contribution in [0.15, 0.2) is 24.3 Å². The molecule has 0 fully saturated rings. The van der Waals surface area contributed by atoms with Crippen molar-refractivity contribution in [3.8, 4) is 0 Å². The average molecular weight is 166 g/mol. The maximum absolute atomic E-state index is 12.6. The summed E-state index contributed by atoms with van der Waals surface area (Å²) in [5, 5.41) is 0. The minimum absolute atomic E-state index is 0.314. The monoisotopic (exact) mass is 166 g/mol. The van der Waals surface area contributed by atoms with Crippen molar-refractivity contribution in [1.82, 2.24) is 0 Å². The van der Waals surface area contributed by atoms with Crippen molar-refractivity contribution in [2.45, 2.75) is 12.5 Å². The van der Waals surface area contributed by atoms with Gasteiger partial charge in [-0.3, -0.25) is 4.79 Å². The number of hydrogen-bond acceptors (Lipinski definition) is 2. The Kier molecular flexibility index (Phi) is 2.94. The van der Waals surface area contributed by atoms with Gasteiger partial charge in [-0.05, 0) is 24.1 Å². The van der Waals surface area contributed by atoms with E-state index in [9.17, 15) is 9.18 Å². The van der Waals surface area contributed by atoms with Gasteiger partial charge in [0.1, 0.15) is 5.82 Å². The van der Waals surface area contributed by atoms with E-state index in [1.807, 2.05) is 0 Å². The van der Waals surface area contributed by atoms with Crippen molar-refractivity contribution in [3.63, 3.8) is 0 Å². The van der Waals surface area contributed by atoms with Gasteiger partial charge in [-0.15, -0.1) is 0 Å². The topological polar surface area (TPSA) is 43.1 Å². The van der Waals surface area contributed by atoms with Gasteiger partial charge < -0.3 is 5.73 Å². The summed E-state index contributed by atoms with van der Waals surface area (Å²) in [7, 11) is 0. The lowest BCUT2D eigenvalue weighted by Crippen LogP contribution is -2.23. The lowest BCUT2D eigenvalue weighted by Gasteiger charge is -2.02. The van der Waals surface area contributed by atoms with E-state index in [0.717, 1.165) is 0 Å². The minimum Gasteiger partial charge on any atom is -0.321 e. The van der Waals surface area contributed by atoms with Crippen LogP contribution in [0.5, 0.6) is 0 Å². The van der Waals surface area contributed by atoms with Crippen molar-refractivity contribution >= 4 is 6.29 Å². The molecule has 0 aliphatic rings. The average Bonchev–Trinajstić information content (AvgIpc) is 2.04. The highest BCUT2D eigenvalue weighted by Crippen LogP contribution is 2.04. The maximum atomic E-state index is 12.6. The van der Waals surface area contributed by atoms with Crippen LogP contribution in [0, 0.1) is 5.82 Å². The van der Waals surface area contributed by atoms with Crippen LogP contribution in [0.4, 0.5) is 4.39 Å². The maximum Gasteiger partial charge on any atom is 0.217 e. The highest BCUT2D eigenvalue weighted by molar-refractivity contribution is 5.58. The number of benzene rings is 1. The summed E-state index contributed by atoms with van der Waals surface area (Å²) in [6, 6.07) is 5.35. The van der Waals surface area contributed by atoms with Crippen molar-refractivity contribution in [2.24, 2.45) is 5.73 Å². The quantitative estimate of drug-likeness (QED) is 0.721. The van der Waals surface area contributed by atoms with Crippen LogP contribution in [0.25, 0.3) is 0 Å². The van der Waals surface area contributed by atoms with E-state index in [4.69, 9.17) is 5.73 Å². The molecule has 1 atom stereocenters. The Morgan fingerprint density at radius 3 is 2.92 bits per heavy atom. The van der Waals surface area contributed by atoms with Crippen molar-refractivity contribution in [1.29, 1.82) is 0 Å². The fourth-order valence-electron chi connectivity index (χ4n) is 0.960. The second kappa shape index (κ2) is 3.97. The second-order valence-electron chi connectivity index (χ2n) is 2.56. The lowest BCUT2D eigenvalue weighted by atomic mass is 10.1. The molecule has 3 heteroatoms. The summed E-state index contributed by atoms with van der Waals surface area (Å²) in [6.45, 7) is 0. The molecule has 0 aromatic heterocycles. The van der Waals surface area contributed by atoms with E-state index in [1.54, 1.807) is 18.4 Å². The van der Waals surface area contributed by atoms with Crippen LogP contribution in [-0.4, -0.2) is 12.3 Å². The molecule has 1 radical (unpaired) electrons. The molecule has 1 aromatic rings. The van der Waals surface area contributed by atoms with Crippen LogP contribution in [0.1, 0.15) is 5.56 Å². The fourth-order valence-corrected chi connectivity index (χ4v) is 0.960. The number of halogens is 1. The van der Waals surface area contributed by atoms with E-state index in [1.165, 1.54) is 12.1 Å². The SMILES string of the molecule is N[C@H]([C]=O)Cc1cccc(F)c1. The Morgan fingerprint density at radius 1 is 1.58 bits per heavy atom. The van der Waals surface area contributed by atoms with Gasteiger partial charge in [0.2, 0.25) is 6.29 Å². The zero-order valence-corrected chi connectivity index (χ0v) is 6.46. The normalized spacial score (nSPS) is 12.5. The van der Waals surface area contributed by atoms with E-state index >= 15 is 0 Å². The molecule has 0 heterocycles. The smallest absolute Gasteiger partial charge is 0.217 e. The molecule has 1 aromatic carbocycles. The third-order valence-corrected chi connectivity index (χ3v) is 1.50. The molecule has 0 bridgehead atoms. The third-order valence-electron chi connectivity index (χ3n) is 1.50. The van der Waals surface area contributed by atoms with Crippen LogP contribution < -0.4 is 5.73 Å². The summed E-state index contributed by atoms with van der Waals surface area (Å²) in [5.41, 5.74) is 6.02. The predicted molar refractivity (Wildman–Crippen MR) is 43.8 cm³/mol. The molecule has 0 saturated heterocycles. The first kappa shape index (κ1) is 8.87. The van der Waals surface area contributed by atoms with Gasteiger partial charge in [-0.1, -0.05) is 12.1 Å². The zero-order chi connectivity index (χ0) is 8.97. The molecular weight excluding hydrogens is 157 g/mol. The Bertz CT molecular complexity index is 275. The first-order chi connectivity index (χ1) is 5.72. The largest absolute Gasteiger partial charge is 0.321 e. The first-order valence-electron chi connectivity index (χ1n) is 3.60. The van der Waals surface area contributed by atoms with Gasteiger partial charge in [-0.2, -0.15) is 0 Å². The van der Waals surface area contributed by atoms with Gasteiger partial charge in [0.15, 0.2) is 0 Å². The molecule has 63 valence electrons. The summed E-state index contributed by atoms with van der Waals surface area (Å²) in [5.74, 6) is -0.314. The van der Waals surface area contributed by atoms with Gasteiger partial charge in [0.25, 0.3) is 0 Å². The fraction of sp³-hybridized carbons (Fsp3) is 0.222. The Labute approximate surface area is 70.2 Å². The van der Waals surface area contributed by atoms with Crippen molar-refractivity contribution in [2.75, 3.05) is 0 Å². The van der Waals surface area contributed by atoms with Crippen molar-refractivity contribution < 1.29 is 9.18 Å². The number of rotatable bonds is 3. The van der Waals surface area contributed by atoms with Crippen LogP contribution in [-0.2, 0) is 11.2 Å². The zero-order valence-electron chi connectivity index (χ0n) is 6.46. The highest BCUT2D eigenvalue weighted by Gasteiger charge is 2.02. The van der Waals surface area contributed by atoms with Gasteiger partial charge >= 0.3 is 0 Å². The van der Waals surface area contributed by atoms with Gasteiger partial charge in [0, 0.05) is 0 Å². The van der Waals surface area contributed by atoms with Crippen LogP contribution in [0.3, 0.4) is 0 Å². The molecular formula is C9H9FNO. The molecule has 12 heavy (non-hydrogen) atoms. The first-order valence-corrected chi connectivity index (χ1v) is 3.60. The molecule has 0 amide bonds. The molecule has 0 aliphatic heterocycles. The molecule has 2 nitrogen and oxygen atoms in total. The highest BCUT2D eigenvalue weighted by atomic mass is 19.1. The van der Waals surface area contributed by atoms with Gasteiger partial charge in [0.05, 0.1) is 6.04 Å². The molecule has 0 saturated carbocycles. The summed E-state index contributed by atoms with van der Waals surface area (Å²) in [4.78, 5) is 10.1. The Balaban J connectivity index is 2.69. The van der Waals surface area contributed by atoms with E-state index in [2.05, 4.69) is 0 Å². The second-order valence-corrected chi connectivity index (χ2v) is 2.56. The predicted octanol–water partition coefficient (Wildman–Crippen LogP) is 0.805. The van der Waals surface area contributed by atoms with E-state index in [-0.39, 0.29) is 5.82 Å². The number of hydrogen-bond donors (Lipinski definition) is 1. The van der Waals surface area contributed by atoms with E-state index < -0.39 is 6.04 Å². The summed E-state index contributed by atoms with van der Waals surface area (Å²) in [6.07, 6.45) is 1.97. The number of carbonyl (C=O) groups excluding carboxylic acids is 1. The van der Waals surface area contributed by atoms with E-state index in [0.29, 0.717) is 12.0 Å². The molecule has 1 rings (SSSR count). The molecule has 0 aliphatic carbocycles. The summed E-state index contributed by atoms with van der Waals surface area (Å²) < 4.78 is 12.6. The third kappa shape index (κ3) is 2.43. The molecule has 2 N–H and O–H groups in total. The summed E-state index contributed by atoms with van der Waals surface area (Å²) >= 11 is 0.